The fraction of sp³-hybridized carbons (Fsp3) is 0.682. The van der Waals surface area contributed by atoms with Gasteiger partial charge in [-0.05, 0) is 100 Å². The lowest BCUT2D eigenvalue weighted by molar-refractivity contribution is -0.221. The Morgan fingerprint density at radius 2 is 1.66 bits per heavy atom. The molecule has 4 aliphatic rings. The van der Waals surface area contributed by atoms with Crippen LogP contribution in [0.4, 0.5) is 17.6 Å². The molecule has 0 amide bonds. The molecular formula is C22H27F4N2O3S-. The molecule has 0 spiro atoms. The summed E-state index contributed by atoms with van der Waals surface area (Å²) in [5.74, 6) is 0.583. The largest absolute Gasteiger partial charge is 0.862 e. The number of hydrogen-bond donors (Lipinski definition) is 1. The van der Waals surface area contributed by atoms with Crippen LogP contribution in [-0.4, -0.2) is 25.9 Å². The first-order valence-corrected chi connectivity index (χ1v) is 12.4. The van der Waals surface area contributed by atoms with Gasteiger partial charge in [0.25, 0.3) is 0 Å². The van der Waals surface area contributed by atoms with Gasteiger partial charge in [0.1, 0.15) is 5.82 Å². The van der Waals surface area contributed by atoms with Crippen molar-refractivity contribution in [2.24, 2.45) is 28.7 Å². The van der Waals surface area contributed by atoms with Crippen LogP contribution in [0.2, 0.25) is 0 Å². The fourth-order valence-corrected chi connectivity index (χ4v) is 7.73. The lowest BCUT2D eigenvalue weighted by Gasteiger charge is -2.53. The van der Waals surface area contributed by atoms with Crippen LogP contribution in [0.15, 0.2) is 28.1 Å². The van der Waals surface area contributed by atoms with Crippen LogP contribution >= 0.6 is 0 Å². The van der Waals surface area contributed by atoms with Gasteiger partial charge in [-0.25, -0.2) is 17.5 Å². The predicted molar refractivity (Wildman–Crippen MR) is 109 cm³/mol. The number of hydrogen-bond acceptors (Lipinski definition) is 4. The van der Waals surface area contributed by atoms with Crippen LogP contribution in [0, 0.1) is 29.5 Å². The molecule has 0 radical (unpaired) electrons. The van der Waals surface area contributed by atoms with Crippen LogP contribution in [0.1, 0.15) is 57.9 Å². The number of aliphatic imine (C=N–C) groups is 1. The molecule has 1 aromatic rings. The summed E-state index contributed by atoms with van der Waals surface area (Å²) in [4.78, 5) is 3.35. The van der Waals surface area contributed by atoms with Crippen molar-refractivity contribution in [3.8, 4) is 0 Å². The number of rotatable bonds is 6. The van der Waals surface area contributed by atoms with Crippen molar-refractivity contribution in [1.82, 2.24) is 4.72 Å². The van der Waals surface area contributed by atoms with Gasteiger partial charge in [-0.1, -0.05) is 0 Å². The molecule has 0 aliphatic heterocycles. The SMILES string of the molecule is CC(C)(CC([O-])=NC1C2CC3CC(C2)CC1C3)NS(=O)(=O)c1ccc(F)cc1C(F)(F)F. The van der Waals surface area contributed by atoms with E-state index in [1.807, 2.05) is 0 Å². The Morgan fingerprint density at radius 3 is 2.19 bits per heavy atom. The van der Waals surface area contributed by atoms with Gasteiger partial charge in [-0.15, -0.1) is 0 Å². The third-order valence-electron chi connectivity index (χ3n) is 7.01. The molecular weight excluding hydrogens is 448 g/mol. The average molecular weight is 476 g/mol. The fourth-order valence-electron chi connectivity index (χ4n) is 6.11. The van der Waals surface area contributed by atoms with Crippen molar-refractivity contribution in [2.45, 2.75) is 75.0 Å². The molecule has 10 heteroatoms. The first kappa shape index (κ1) is 23.5. The van der Waals surface area contributed by atoms with Gasteiger partial charge in [0.05, 0.1) is 16.5 Å². The van der Waals surface area contributed by atoms with Gasteiger partial charge in [-0.3, -0.25) is 0 Å². The molecule has 178 valence electrons. The topological polar surface area (TPSA) is 81.6 Å². The Hall–Kier alpha value is -1.68. The third kappa shape index (κ3) is 4.81. The maximum Gasteiger partial charge on any atom is 0.417 e. The highest BCUT2D eigenvalue weighted by Crippen LogP contribution is 2.54. The monoisotopic (exact) mass is 475 g/mol. The maximum atomic E-state index is 13.3. The van der Waals surface area contributed by atoms with E-state index in [9.17, 15) is 31.1 Å². The summed E-state index contributed by atoms with van der Waals surface area (Å²) in [6.45, 7) is 2.84. The zero-order valence-corrected chi connectivity index (χ0v) is 18.8. The Balaban J connectivity index is 1.50. The van der Waals surface area contributed by atoms with E-state index in [4.69, 9.17) is 0 Å². The quantitative estimate of drug-likeness (QED) is 0.385. The zero-order valence-electron chi connectivity index (χ0n) is 18.0. The predicted octanol–water partition coefficient (Wildman–Crippen LogP) is 3.88. The molecule has 1 aromatic carbocycles. The average Bonchev–Trinajstić information content (AvgIpc) is 2.61. The Morgan fingerprint density at radius 1 is 1.09 bits per heavy atom. The minimum absolute atomic E-state index is 0.0448. The molecule has 4 bridgehead atoms. The van der Waals surface area contributed by atoms with E-state index >= 15 is 0 Å². The minimum Gasteiger partial charge on any atom is -0.862 e. The zero-order chi connectivity index (χ0) is 23.5. The van der Waals surface area contributed by atoms with Gasteiger partial charge in [0.2, 0.25) is 10.0 Å². The van der Waals surface area contributed by atoms with Crippen LogP contribution < -0.4 is 9.83 Å². The van der Waals surface area contributed by atoms with E-state index in [1.165, 1.54) is 20.3 Å². The summed E-state index contributed by atoms with van der Waals surface area (Å²) in [6.07, 6.45) is 0.249. The second-order valence-corrected chi connectivity index (χ2v) is 11.9. The van der Waals surface area contributed by atoms with Gasteiger partial charge < -0.3 is 10.1 Å². The second kappa shape index (κ2) is 7.97. The number of alkyl halides is 3. The van der Waals surface area contributed by atoms with Gasteiger partial charge in [0.15, 0.2) is 0 Å². The first-order valence-electron chi connectivity index (χ1n) is 10.9. The van der Waals surface area contributed by atoms with Crippen molar-refractivity contribution in [1.29, 1.82) is 0 Å². The number of nitrogens with one attached hydrogen (secondary N) is 1. The standard InChI is InChI=1S/C22H28F4N2O3S/c1-21(2,28-32(30,31)18-4-3-16(23)10-17(18)22(24,25)26)11-19(29)27-20-14-6-12-5-13(8-14)9-15(20)7-12/h3-4,10,12-15,20,28H,5-9,11H2,1-2H3,(H,27,29)/p-1. The smallest absolute Gasteiger partial charge is 0.417 e. The summed E-state index contributed by atoms with van der Waals surface area (Å²) < 4.78 is 80.8. The number of sulfonamides is 1. The minimum atomic E-state index is -5.05. The Bertz CT molecular complexity index is 992. The van der Waals surface area contributed by atoms with Crippen LogP contribution in [0.5, 0.6) is 0 Å². The highest BCUT2D eigenvalue weighted by molar-refractivity contribution is 7.89. The molecule has 4 aliphatic carbocycles. The highest BCUT2D eigenvalue weighted by Gasteiger charge is 2.48. The first-order chi connectivity index (χ1) is 14.7. The van der Waals surface area contributed by atoms with Crippen molar-refractivity contribution >= 4 is 15.9 Å². The Labute approximate surface area is 185 Å². The molecule has 0 aromatic heterocycles. The van der Waals surface area contributed by atoms with E-state index < -0.39 is 43.9 Å². The van der Waals surface area contributed by atoms with Crippen molar-refractivity contribution in [3.63, 3.8) is 0 Å². The lowest BCUT2D eigenvalue weighted by atomic mass is 9.54. The van der Waals surface area contributed by atoms with Crippen LogP contribution in [0.25, 0.3) is 0 Å². The lowest BCUT2D eigenvalue weighted by Crippen LogP contribution is -2.50. The summed E-state index contributed by atoms with van der Waals surface area (Å²) in [7, 11) is -4.67. The molecule has 4 saturated carbocycles. The second-order valence-electron chi connectivity index (χ2n) is 10.2. The molecule has 5 rings (SSSR count). The number of halogens is 4. The van der Waals surface area contributed by atoms with Crippen molar-refractivity contribution in [2.75, 3.05) is 0 Å². The van der Waals surface area contributed by atoms with Gasteiger partial charge in [0, 0.05) is 5.54 Å². The Kier molecular flexibility index (Phi) is 5.85. The normalized spacial score (nSPS) is 30.7. The number of nitrogens with zero attached hydrogens (tertiary/aromatic N) is 1. The molecule has 0 atom stereocenters. The van der Waals surface area contributed by atoms with Gasteiger partial charge >= 0.3 is 6.18 Å². The molecule has 0 unspecified atom stereocenters. The van der Waals surface area contributed by atoms with E-state index in [0.29, 0.717) is 24.0 Å². The van der Waals surface area contributed by atoms with Crippen LogP contribution in [0.3, 0.4) is 0 Å². The molecule has 5 nitrogen and oxygen atoms in total. The molecule has 32 heavy (non-hydrogen) atoms. The summed E-state index contributed by atoms with van der Waals surface area (Å²) in [5, 5.41) is 12.7. The highest BCUT2D eigenvalue weighted by atomic mass is 32.2. The van der Waals surface area contributed by atoms with Crippen molar-refractivity contribution < 1.29 is 31.1 Å². The number of benzene rings is 1. The summed E-state index contributed by atoms with van der Waals surface area (Å²) in [5.41, 5.74) is -2.96. The van der Waals surface area contributed by atoms with E-state index in [2.05, 4.69) is 9.71 Å². The third-order valence-corrected chi connectivity index (χ3v) is 8.77. The molecule has 0 heterocycles. The summed E-state index contributed by atoms with van der Waals surface area (Å²) in [6, 6.07) is 1.34. The summed E-state index contributed by atoms with van der Waals surface area (Å²) >= 11 is 0. The molecule has 0 saturated heterocycles. The maximum absolute atomic E-state index is 13.3. The van der Waals surface area contributed by atoms with Crippen molar-refractivity contribution in [3.05, 3.63) is 29.6 Å². The van der Waals surface area contributed by atoms with Gasteiger partial charge in [-0.2, -0.15) is 13.2 Å². The molecule has 4 fully saturated rings. The molecule has 1 N–H and O–H groups in total. The van der Waals surface area contributed by atoms with E-state index in [-0.39, 0.29) is 18.5 Å². The van der Waals surface area contributed by atoms with E-state index in [1.54, 1.807) is 0 Å². The van der Waals surface area contributed by atoms with Crippen LogP contribution in [-0.2, 0) is 16.2 Å². The van der Waals surface area contributed by atoms with E-state index in [0.717, 1.165) is 37.5 Å².